The highest BCUT2D eigenvalue weighted by Crippen LogP contribution is 2.22. The van der Waals surface area contributed by atoms with Crippen LogP contribution in [0.15, 0.2) is 36.4 Å². The van der Waals surface area contributed by atoms with Gasteiger partial charge in [-0.25, -0.2) is 13.2 Å². The molecular formula is C12H6F3. The van der Waals surface area contributed by atoms with E-state index in [2.05, 4.69) is 6.07 Å². The first-order valence-electron chi connectivity index (χ1n) is 4.30. The van der Waals surface area contributed by atoms with Crippen LogP contribution in [0.3, 0.4) is 0 Å². The zero-order chi connectivity index (χ0) is 10.8. The highest BCUT2D eigenvalue weighted by Gasteiger charge is 2.11. The molecule has 15 heavy (non-hydrogen) atoms. The van der Waals surface area contributed by atoms with Gasteiger partial charge in [-0.1, -0.05) is 30.3 Å². The van der Waals surface area contributed by atoms with Crippen LogP contribution in [0.1, 0.15) is 0 Å². The third-order valence-electron chi connectivity index (χ3n) is 2.00. The minimum absolute atomic E-state index is 0.201. The van der Waals surface area contributed by atoms with Gasteiger partial charge in [-0.15, -0.1) is 0 Å². The quantitative estimate of drug-likeness (QED) is 0.627. The van der Waals surface area contributed by atoms with E-state index >= 15 is 0 Å². The molecule has 0 N–H and O–H groups in total. The molecule has 0 unspecified atom stereocenters. The van der Waals surface area contributed by atoms with Gasteiger partial charge in [-0.05, 0) is 17.2 Å². The van der Waals surface area contributed by atoms with Gasteiger partial charge in [0, 0.05) is 6.07 Å². The van der Waals surface area contributed by atoms with Gasteiger partial charge in [0.15, 0.2) is 17.5 Å². The summed E-state index contributed by atoms with van der Waals surface area (Å²) in [6.07, 6.45) is 0. The van der Waals surface area contributed by atoms with E-state index in [4.69, 9.17) is 0 Å². The van der Waals surface area contributed by atoms with E-state index in [-0.39, 0.29) is 5.56 Å². The van der Waals surface area contributed by atoms with Crippen LogP contribution >= 0.6 is 0 Å². The summed E-state index contributed by atoms with van der Waals surface area (Å²) in [6.45, 7) is 0. The van der Waals surface area contributed by atoms with Gasteiger partial charge in [-0.2, -0.15) is 0 Å². The Morgan fingerprint density at radius 2 is 1.60 bits per heavy atom. The van der Waals surface area contributed by atoms with E-state index in [0.717, 1.165) is 6.07 Å². The maximum atomic E-state index is 12.9. The fourth-order valence-electron chi connectivity index (χ4n) is 1.28. The van der Waals surface area contributed by atoms with Gasteiger partial charge in [0.2, 0.25) is 0 Å². The third kappa shape index (κ3) is 1.86. The first-order valence-corrected chi connectivity index (χ1v) is 4.30. The summed E-state index contributed by atoms with van der Waals surface area (Å²) in [5, 5.41) is 0. The molecule has 2 rings (SSSR count). The number of hydrogen-bond donors (Lipinski definition) is 0. The van der Waals surface area contributed by atoms with Crippen LogP contribution < -0.4 is 0 Å². The number of rotatable bonds is 1. The van der Waals surface area contributed by atoms with Crippen LogP contribution in [-0.2, 0) is 0 Å². The van der Waals surface area contributed by atoms with Crippen molar-refractivity contribution in [3.8, 4) is 11.1 Å². The fourth-order valence-corrected chi connectivity index (χ4v) is 1.28. The molecule has 2 aromatic carbocycles. The largest absolute Gasteiger partial charge is 0.204 e. The molecule has 0 fully saturated rings. The summed E-state index contributed by atoms with van der Waals surface area (Å²) < 4.78 is 38.4. The summed E-state index contributed by atoms with van der Waals surface area (Å²) in [4.78, 5) is 0. The second-order valence-electron chi connectivity index (χ2n) is 3.02. The minimum Gasteiger partial charge on any atom is -0.204 e. The second kappa shape index (κ2) is 3.77. The maximum absolute atomic E-state index is 12.9. The maximum Gasteiger partial charge on any atom is 0.195 e. The van der Waals surface area contributed by atoms with Crippen molar-refractivity contribution in [2.24, 2.45) is 0 Å². The van der Waals surface area contributed by atoms with Crippen LogP contribution in [0.5, 0.6) is 0 Å². The lowest BCUT2D eigenvalue weighted by molar-refractivity contribution is 0.446. The molecule has 0 saturated carbocycles. The predicted octanol–water partition coefficient (Wildman–Crippen LogP) is 3.57. The molecule has 0 atom stereocenters. The Morgan fingerprint density at radius 1 is 0.933 bits per heavy atom. The predicted molar refractivity (Wildman–Crippen MR) is 50.6 cm³/mol. The van der Waals surface area contributed by atoms with Crippen LogP contribution in [0.4, 0.5) is 13.2 Å². The van der Waals surface area contributed by atoms with Crippen molar-refractivity contribution < 1.29 is 13.2 Å². The molecule has 0 heterocycles. The van der Waals surface area contributed by atoms with Crippen molar-refractivity contribution in [2.75, 3.05) is 0 Å². The molecule has 0 aromatic heterocycles. The Labute approximate surface area is 85.0 Å². The number of benzene rings is 2. The van der Waals surface area contributed by atoms with E-state index in [0.29, 0.717) is 5.56 Å². The standard InChI is InChI=1S/C12H6F3/c13-10-6-9(7-11(14)12(10)15)8-4-2-1-3-5-8/h1-6H. The zero-order valence-corrected chi connectivity index (χ0v) is 7.60. The lowest BCUT2D eigenvalue weighted by Gasteiger charge is -2.02. The molecule has 0 aliphatic carbocycles. The van der Waals surface area contributed by atoms with Gasteiger partial charge in [-0.3, -0.25) is 0 Å². The Balaban J connectivity index is 2.56. The Kier molecular flexibility index (Phi) is 2.46. The highest BCUT2D eigenvalue weighted by molar-refractivity contribution is 5.62. The van der Waals surface area contributed by atoms with Crippen LogP contribution in [-0.4, -0.2) is 0 Å². The van der Waals surface area contributed by atoms with Crippen LogP contribution in [0.2, 0.25) is 0 Å². The van der Waals surface area contributed by atoms with E-state index in [1.807, 2.05) is 0 Å². The van der Waals surface area contributed by atoms with Crippen LogP contribution in [0.25, 0.3) is 11.1 Å². The number of halogens is 3. The van der Waals surface area contributed by atoms with Crippen LogP contribution in [0, 0.1) is 23.5 Å². The van der Waals surface area contributed by atoms with E-state index in [1.54, 1.807) is 30.3 Å². The first-order chi connectivity index (χ1) is 7.18. The van der Waals surface area contributed by atoms with Crippen molar-refractivity contribution in [1.29, 1.82) is 0 Å². The van der Waals surface area contributed by atoms with E-state index in [9.17, 15) is 13.2 Å². The Bertz CT molecular complexity index is 454. The molecule has 3 heteroatoms. The molecule has 0 nitrogen and oxygen atoms in total. The van der Waals surface area contributed by atoms with Crippen molar-refractivity contribution in [2.45, 2.75) is 0 Å². The summed E-state index contributed by atoms with van der Waals surface area (Å²) in [5.74, 6) is -3.99. The monoisotopic (exact) mass is 207 g/mol. The molecule has 1 radical (unpaired) electrons. The minimum atomic E-state index is -1.49. The average Bonchev–Trinajstić information content (AvgIpc) is 2.26. The fraction of sp³-hybridized carbons (Fsp3) is 0. The van der Waals surface area contributed by atoms with Crippen molar-refractivity contribution in [3.63, 3.8) is 0 Å². The SMILES string of the molecule is Fc1[c]c(-c2ccccc2)cc(F)c1F. The third-order valence-corrected chi connectivity index (χ3v) is 2.00. The van der Waals surface area contributed by atoms with Crippen molar-refractivity contribution in [3.05, 3.63) is 59.9 Å². The second-order valence-corrected chi connectivity index (χ2v) is 3.02. The van der Waals surface area contributed by atoms with Gasteiger partial charge < -0.3 is 0 Å². The van der Waals surface area contributed by atoms with Crippen molar-refractivity contribution >= 4 is 0 Å². The molecule has 0 bridgehead atoms. The zero-order valence-electron chi connectivity index (χ0n) is 7.60. The van der Waals surface area contributed by atoms with E-state index in [1.165, 1.54) is 0 Å². The molecule has 75 valence electrons. The molecule has 0 amide bonds. The molecule has 0 saturated heterocycles. The van der Waals surface area contributed by atoms with Gasteiger partial charge >= 0.3 is 0 Å². The molecule has 0 spiro atoms. The van der Waals surface area contributed by atoms with Gasteiger partial charge in [0.25, 0.3) is 0 Å². The van der Waals surface area contributed by atoms with Gasteiger partial charge in [0.1, 0.15) is 0 Å². The normalized spacial score (nSPS) is 10.3. The molecule has 0 aliphatic heterocycles. The smallest absolute Gasteiger partial charge is 0.195 e. The van der Waals surface area contributed by atoms with E-state index < -0.39 is 17.5 Å². The summed E-state index contributed by atoms with van der Waals surface area (Å²) in [6, 6.07) is 11.6. The average molecular weight is 207 g/mol. The first kappa shape index (κ1) is 9.77. The Hall–Kier alpha value is -1.77. The summed E-state index contributed by atoms with van der Waals surface area (Å²) in [7, 11) is 0. The summed E-state index contributed by atoms with van der Waals surface area (Å²) in [5.41, 5.74) is 0.794. The lowest BCUT2D eigenvalue weighted by atomic mass is 10.1. The summed E-state index contributed by atoms with van der Waals surface area (Å²) >= 11 is 0. The van der Waals surface area contributed by atoms with Crippen molar-refractivity contribution in [1.82, 2.24) is 0 Å². The molecular weight excluding hydrogens is 201 g/mol. The van der Waals surface area contributed by atoms with Gasteiger partial charge in [0.05, 0.1) is 0 Å². The lowest BCUT2D eigenvalue weighted by Crippen LogP contribution is -1.92. The molecule has 0 aliphatic rings. The highest BCUT2D eigenvalue weighted by atomic mass is 19.2. The molecule has 2 aromatic rings. The number of hydrogen-bond acceptors (Lipinski definition) is 0. The topological polar surface area (TPSA) is 0 Å². The Morgan fingerprint density at radius 3 is 2.20 bits per heavy atom.